The van der Waals surface area contributed by atoms with Gasteiger partial charge in [0.25, 0.3) is 0 Å². The number of rotatable bonds is 4. The summed E-state index contributed by atoms with van der Waals surface area (Å²) in [6.45, 7) is 5.89. The third-order valence-corrected chi connectivity index (χ3v) is 2.74. The number of hydrogen-bond acceptors (Lipinski definition) is 3. The molecule has 1 heterocycles. The second kappa shape index (κ2) is 5.98. The Balaban J connectivity index is 2.64. The topological polar surface area (TPSA) is 68.0 Å². The number of aryl methyl sites for hydroxylation is 1. The first-order valence-electron chi connectivity index (χ1n) is 5.58. The van der Waals surface area contributed by atoms with Gasteiger partial charge in [-0.3, -0.25) is 4.79 Å². The lowest BCUT2D eigenvalue weighted by molar-refractivity contribution is -0.117. The van der Waals surface area contributed by atoms with Crippen LogP contribution in [0.3, 0.4) is 0 Å². The molecule has 0 bridgehead atoms. The fourth-order valence-electron chi connectivity index (χ4n) is 1.48. The van der Waals surface area contributed by atoms with Crippen LogP contribution in [0.4, 0.5) is 5.69 Å². The van der Waals surface area contributed by atoms with Gasteiger partial charge in [-0.1, -0.05) is 25.4 Å². The number of nitrogens with one attached hydrogen (secondary N) is 1. The summed E-state index contributed by atoms with van der Waals surface area (Å²) >= 11 is 5.80. The van der Waals surface area contributed by atoms with E-state index in [1.165, 1.54) is 6.20 Å². The first-order valence-corrected chi connectivity index (χ1v) is 5.96. The van der Waals surface area contributed by atoms with Crippen LogP contribution in [-0.4, -0.2) is 16.9 Å². The summed E-state index contributed by atoms with van der Waals surface area (Å²) in [5.74, 6) is 0.197. The molecule has 0 aliphatic rings. The number of hydrogen-bond donors (Lipinski definition) is 2. The lowest BCUT2D eigenvalue weighted by Gasteiger charge is -2.14. The van der Waals surface area contributed by atoms with Crippen molar-refractivity contribution in [3.63, 3.8) is 0 Å². The van der Waals surface area contributed by atoms with Crippen LogP contribution in [0.1, 0.15) is 25.8 Å². The van der Waals surface area contributed by atoms with Gasteiger partial charge in [-0.25, -0.2) is 4.98 Å². The molecule has 4 nitrogen and oxygen atoms in total. The average molecular weight is 256 g/mol. The number of aromatic nitrogens is 1. The summed E-state index contributed by atoms with van der Waals surface area (Å²) < 4.78 is 0. The maximum atomic E-state index is 11.7. The van der Waals surface area contributed by atoms with Crippen LogP contribution in [0.25, 0.3) is 0 Å². The fraction of sp³-hybridized carbons (Fsp3) is 0.500. The molecule has 0 aromatic carbocycles. The summed E-state index contributed by atoms with van der Waals surface area (Å²) in [5, 5.41) is 3.17. The van der Waals surface area contributed by atoms with Gasteiger partial charge in [-0.15, -0.1) is 0 Å². The molecule has 3 N–H and O–H groups in total. The zero-order chi connectivity index (χ0) is 13.0. The molecular formula is C12H18ClN3O. The first-order chi connectivity index (χ1) is 7.90. The summed E-state index contributed by atoms with van der Waals surface area (Å²) in [6, 6.07) is 1.28. The summed E-state index contributed by atoms with van der Waals surface area (Å²) in [6.07, 6.45) is 2.18. The Labute approximate surface area is 107 Å². The fourth-order valence-corrected chi connectivity index (χ4v) is 1.58. The number of pyridine rings is 1. The second-order valence-corrected chi connectivity index (χ2v) is 4.92. The SMILES string of the molecule is Cc1cc(NC(=O)C(N)CC(C)C)cnc1Cl. The van der Waals surface area contributed by atoms with Gasteiger partial charge in [0, 0.05) is 0 Å². The normalized spacial score (nSPS) is 12.6. The molecule has 1 rings (SSSR count). The van der Waals surface area contributed by atoms with E-state index in [0.29, 0.717) is 23.2 Å². The quantitative estimate of drug-likeness (QED) is 0.812. The van der Waals surface area contributed by atoms with E-state index in [2.05, 4.69) is 10.3 Å². The number of nitrogens with zero attached hydrogens (tertiary/aromatic N) is 1. The Hall–Kier alpha value is -1.13. The van der Waals surface area contributed by atoms with Gasteiger partial charge in [0.1, 0.15) is 5.15 Å². The third-order valence-electron chi connectivity index (χ3n) is 2.34. The molecule has 5 heteroatoms. The van der Waals surface area contributed by atoms with Crippen molar-refractivity contribution in [2.75, 3.05) is 5.32 Å². The van der Waals surface area contributed by atoms with Crippen LogP contribution in [0.2, 0.25) is 5.15 Å². The number of nitrogens with two attached hydrogens (primary N) is 1. The van der Waals surface area contributed by atoms with Crippen molar-refractivity contribution >= 4 is 23.2 Å². The van der Waals surface area contributed by atoms with Crippen LogP contribution in [0.15, 0.2) is 12.3 Å². The Morgan fingerprint density at radius 1 is 1.59 bits per heavy atom. The molecule has 0 fully saturated rings. The van der Waals surface area contributed by atoms with Crippen LogP contribution in [0, 0.1) is 12.8 Å². The van der Waals surface area contributed by atoms with Gasteiger partial charge in [0.15, 0.2) is 0 Å². The Kier molecular flexibility index (Phi) is 4.90. The smallest absolute Gasteiger partial charge is 0.241 e. The molecule has 1 unspecified atom stereocenters. The van der Waals surface area contributed by atoms with E-state index < -0.39 is 6.04 Å². The highest BCUT2D eigenvalue weighted by atomic mass is 35.5. The summed E-state index contributed by atoms with van der Waals surface area (Å²) in [5.41, 5.74) is 7.22. The number of amides is 1. The van der Waals surface area contributed by atoms with Crippen molar-refractivity contribution in [1.82, 2.24) is 4.98 Å². The van der Waals surface area contributed by atoms with Crippen molar-refractivity contribution in [2.45, 2.75) is 33.2 Å². The van der Waals surface area contributed by atoms with Gasteiger partial charge < -0.3 is 11.1 Å². The Morgan fingerprint density at radius 2 is 2.24 bits per heavy atom. The third kappa shape index (κ3) is 4.32. The minimum Gasteiger partial charge on any atom is -0.323 e. The molecule has 0 saturated carbocycles. The van der Waals surface area contributed by atoms with Crippen molar-refractivity contribution in [3.05, 3.63) is 23.0 Å². The highest BCUT2D eigenvalue weighted by Crippen LogP contribution is 2.16. The average Bonchev–Trinajstić information content (AvgIpc) is 2.22. The van der Waals surface area contributed by atoms with E-state index in [1.807, 2.05) is 20.8 Å². The van der Waals surface area contributed by atoms with E-state index in [-0.39, 0.29) is 5.91 Å². The lowest BCUT2D eigenvalue weighted by Crippen LogP contribution is -2.36. The van der Waals surface area contributed by atoms with Crippen molar-refractivity contribution in [2.24, 2.45) is 11.7 Å². The van der Waals surface area contributed by atoms with Gasteiger partial charge in [0.2, 0.25) is 5.91 Å². The molecule has 0 spiro atoms. The minimum atomic E-state index is -0.494. The van der Waals surface area contributed by atoms with Crippen molar-refractivity contribution in [1.29, 1.82) is 0 Å². The summed E-state index contributed by atoms with van der Waals surface area (Å²) in [7, 11) is 0. The highest BCUT2D eigenvalue weighted by Gasteiger charge is 2.15. The monoisotopic (exact) mass is 255 g/mol. The van der Waals surface area contributed by atoms with E-state index in [9.17, 15) is 4.79 Å². The molecule has 1 aromatic rings. The van der Waals surface area contributed by atoms with Crippen molar-refractivity contribution < 1.29 is 4.79 Å². The molecule has 1 aromatic heterocycles. The van der Waals surface area contributed by atoms with Crippen LogP contribution in [0.5, 0.6) is 0 Å². The van der Waals surface area contributed by atoms with Gasteiger partial charge in [-0.05, 0) is 30.9 Å². The molecule has 0 aliphatic carbocycles. The summed E-state index contributed by atoms with van der Waals surface area (Å²) in [4.78, 5) is 15.7. The maximum absolute atomic E-state index is 11.7. The maximum Gasteiger partial charge on any atom is 0.241 e. The predicted octanol–water partition coefficient (Wildman–Crippen LogP) is 2.36. The predicted molar refractivity (Wildman–Crippen MR) is 70.0 cm³/mol. The number of carbonyl (C=O) groups excluding carboxylic acids is 1. The number of anilines is 1. The van der Waals surface area contributed by atoms with Gasteiger partial charge >= 0.3 is 0 Å². The van der Waals surface area contributed by atoms with E-state index in [0.717, 1.165) is 5.56 Å². The van der Waals surface area contributed by atoms with Crippen LogP contribution in [-0.2, 0) is 4.79 Å². The molecular weight excluding hydrogens is 238 g/mol. The van der Waals surface area contributed by atoms with Crippen LogP contribution >= 0.6 is 11.6 Å². The second-order valence-electron chi connectivity index (χ2n) is 4.56. The molecule has 0 aliphatic heterocycles. The first kappa shape index (κ1) is 13.9. The molecule has 17 heavy (non-hydrogen) atoms. The van der Waals surface area contributed by atoms with E-state index >= 15 is 0 Å². The highest BCUT2D eigenvalue weighted by molar-refractivity contribution is 6.30. The van der Waals surface area contributed by atoms with Gasteiger partial charge in [-0.2, -0.15) is 0 Å². The zero-order valence-electron chi connectivity index (χ0n) is 10.3. The zero-order valence-corrected chi connectivity index (χ0v) is 11.1. The lowest BCUT2D eigenvalue weighted by atomic mass is 10.0. The van der Waals surface area contributed by atoms with E-state index in [1.54, 1.807) is 6.07 Å². The number of carbonyl (C=O) groups is 1. The van der Waals surface area contributed by atoms with E-state index in [4.69, 9.17) is 17.3 Å². The molecule has 1 amide bonds. The van der Waals surface area contributed by atoms with Crippen LogP contribution < -0.4 is 11.1 Å². The molecule has 1 atom stereocenters. The Bertz CT molecular complexity index is 407. The molecule has 0 radical (unpaired) electrons. The van der Waals surface area contributed by atoms with Gasteiger partial charge in [0.05, 0.1) is 17.9 Å². The number of halogens is 1. The Morgan fingerprint density at radius 3 is 2.76 bits per heavy atom. The minimum absolute atomic E-state index is 0.192. The molecule has 0 saturated heterocycles. The molecule has 94 valence electrons. The standard InChI is InChI=1S/C12H18ClN3O/c1-7(2)4-10(14)12(17)16-9-5-8(3)11(13)15-6-9/h5-7,10H,4,14H2,1-3H3,(H,16,17). The van der Waals surface area contributed by atoms with Crippen molar-refractivity contribution in [3.8, 4) is 0 Å². The largest absolute Gasteiger partial charge is 0.323 e.